The second kappa shape index (κ2) is 5.83. The molecule has 2 nitrogen and oxygen atoms in total. The lowest BCUT2D eigenvalue weighted by Gasteiger charge is -2.52. The molecule has 0 saturated heterocycles. The van der Waals surface area contributed by atoms with Crippen LogP contribution in [-0.2, 0) is 4.74 Å². The van der Waals surface area contributed by atoms with Crippen molar-refractivity contribution in [1.29, 1.82) is 0 Å². The maximum Gasteiger partial charge on any atom is 0.0655 e. The summed E-state index contributed by atoms with van der Waals surface area (Å²) < 4.78 is 5.91. The molecule has 0 aromatic rings. The number of unbranched alkanes of at least 4 members (excludes halogenated alkanes) is 1. The van der Waals surface area contributed by atoms with Gasteiger partial charge in [-0.3, -0.25) is 0 Å². The van der Waals surface area contributed by atoms with Gasteiger partial charge in [0.2, 0.25) is 0 Å². The summed E-state index contributed by atoms with van der Waals surface area (Å²) >= 11 is 0. The highest BCUT2D eigenvalue weighted by molar-refractivity contribution is 5.04. The fourth-order valence-corrected chi connectivity index (χ4v) is 2.21. The van der Waals surface area contributed by atoms with Gasteiger partial charge >= 0.3 is 0 Å². The quantitative estimate of drug-likeness (QED) is 0.531. The molecule has 0 spiro atoms. The predicted octanol–water partition coefficient (Wildman–Crippen LogP) is 3.13. The maximum atomic E-state index is 5.91. The van der Waals surface area contributed by atoms with Gasteiger partial charge in [-0.2, -0.15) is 0 Å². The first-order valence-electron chi connectivity index (χ1n) is 6.52. The topological polar surface area (TPSA) is 21.3 Å². The van der Waals surface area contributed by atoms with Crippen molar-refractivity contribution in [2.45, 2.75) is 65.1 Å². The van der Waals surface area contributed by atoms with E-state index in [0.29, 0.717) is 18.2 Å². The van der Waals surface area contributed by atoms with Crippen LogP contribution in [0, 0.1) is 5.41 Å². The fraction of sp³-hybridized carbons (Fsp3) is 0.857. The molecular formula is C14H27NO. The van der Waals surface area contributed by atoms with Crippen LogP contribution in [0.15, 0.2) is 12.7 Å². The third-order valence-electron chi connectivity index (χ3n) is 3.81. The van der Waals surface area contributed by atoms with Crippen LogP contribution in [0.4, 0.5) is 0 Å². The molecule has 0 bridgehead atoms. The maximum absolute atomic E-state index is 5.91. The first-order valence-corrected chi connectivity index (χ1v) is 6.52. The minimum atomic E-state index is 0.255. The third-order valence-corrected chi connectivity index (χ3v) is 3.81. The number of hydrogen-bond donors (Lipinski definition) is 1. The average Bonchev–Trinajstić information content (AvgIpc) is 2.26. The summed E-state index contributed by atoms with van der Waals surface area (Å²) in [6, 6.07) is 0.952. The second-order valence-electron chi connectivity index (χ2n) is 5.51. The Labute approximate surface area is 100 Å². The van der Waals surface area contributed by atoms with E-state index in [0.717, 1.165) is 13.0 Å². The lowest BCUT2D eigenvalue weighted by Crippen LogP contribution is -2.62. The van der Waals surface area contributed by atoms with Crippen LogP contribution in [0.5, 0.6) is 0 Å². The van der Waals surface area contributed by atoms with E-state index in [9.17, 15) is 0 Å². The van der Waals surface area contributed by atoms with Crippen LogP contribution in [0.3, 0.4) is 0 Å². The van der Waals surface area contributed by atoms with Crippen LogP contribution in [0.25, 0.3) is 0 Å². The Hall–Kier alpha value is -0.340. The minimum Gasteiger partial charge on any atom is -0.378 e. The van der Waals surface area contributed by atoms with E-state index >= 15 is 0 Å². The highest BCUT2D eigenvalue weighted by Crippen LogP contribution is 2.43. The van der Waals surface area contributed by atoms with E-state index in [-0.39, 0.29) is 5.41 Å². The van der Waals surface area contributed by atoms with E-state index in [1.165, 1.54) is 12.8 Å². The number of rotatable bonds is 7. The summed E-state index contributed by atoms with van der Waals surface area (Å²) in [5.41, 5.74) is 0.255. The molecule has 3 atom stereocenters. The molecule has 0 aromatic heterocycles. The number of nitrogens with one attached hydrogen (secondary N) is 1. The summed E-state index contributed by atoms with van der Waals surface area (Å²) in [4.78, 5) is 0. The van der Waals surface area contributed by atoms with Gasteiger partial charge in [-0.25, -0.2) is 0 Å². The van der Waals surface area contributed by atoms with Gasteiger partial charge in [0.15, 0.2) is 0 Å². The highest BCUT2D eigenvalue weighted by atomic mass is 16.5. The molecule has 0 radical (unpaired) electrons. The van der Waals surface area contributed by atoms with E-state index in [4.69, 9.17) is 4.74 Å². The Morgan fingerprint density at radius 3 is 2.75 bits per heavy atom. The van der Waals surface area contributed by atoms with Crippen LogP contribution in [0.2, 0.25) is 0 Å². The van der Waals surface area contributed by atoms with E-state index in [1.807, 2.05) is 6.08 Å². The summed E-state index contributed by atoms with van der Waals surface area (Å²) in [5.74, 6) is 0. The summed E-state index contributed by atoms with van der Waals surface area (Å²) in [6.07, 6.45) is 5.90. The largest absolute Gasteiger partial charge is 0.378 e. The molecule has 0 amide bonds. The molecule has 1 N–H and O–H groups in total. The minimum absolute atomic E-state index is 0.255. The molecule has 1 saturated carbocycles. The van der Waals surface area contributed by atoms with Gasteiger partial charge in [-0.15, -0.1) is 6.58 Å². The molecule has 0 aliphatic heterocycles. The van der Waals surface area contributed by atoms with Crippen LogP contribution in [0.1, 0.15) is 47.0 Å². The van der Waals surface area contributed by atoms with E-state index < -0.39 is 0 Å². The molecule has 0 aromatic carbocycles. The molecular weight excluding hydrogens is 198 g/mol. The van der Waals surface area contributed by atoms with Crippen molar-refractivity contribution < 1.29 is 4.74 Å². The Bertz CT molecular complexity index is 225. The van der Waals surface area contributed by atoms with Crippen LogP contribution >= 0.6 is 0 Å². The SMILES string of the molecule is C=CC(C)NC1CC(OCCCC)C1(C)C. The second-order valence-corrected chi connectivity index (χ2v) is 5.51. The fourth-order valence-electron chi connectivity index (χ4n) is 2.21. The van der Waals surface area contributed by atoms with Crippen molar-refractivity contribution in [3.63, 3.8) is 0 Å². The van der Waals surface area contributed by atoms with Gasteiger partial charge in [0.1, 0.15) is 0 Å². The molecule has 2 heteroatoms. The number of hydrogen-bond acceptors (Lipinski definition) is 2. The summed E-state index contributed by atoms with van der Waals surface area (Å²) in [5, 5.41) is 3.58. The van der Waals surface area contributed by atoms with Crippen molar-refractivity contribution in [2.24, 2.45) is 5.41 Å². The van der Waals surface area contributed by atoms with Gasteiger partial charge < -0.3 is 10.1 Å². The summed E-state index contributed by atoms with van der Waals surface area (Å²) in [7, 11) is 0. The Morgan fingerprint density at radius 2 is 2.25 bits per heavy atom. The number of ether oxygens (including phenoxy) is 1. The predicted molar refractivity (Wildman–Crippen MR) is 69.6 cm³/mol. The van der Waals surface area contributed by atoms with Crippen molar-refractivity contribution in [2.75, 3.05) is 6.61 Å². The van der Waals surface area contributed by atoms with Crippen molar-refractivity contribution in [3.8, 4) is 0 Å². The molecule has 16 heavy (non-hydrogen) atoms. The van der Waals surface area contributed by atoms with Gasteiger partial charge in [-0.05, 0) is 19.8 Å². The standard InChI is InChI=1S/C14H27NO/c1-6-8-9-16-13-10-12(14(13,4)5)15-11(3)7-2/h7,11-13,15H,2,6,8-10H2,1,3-5H3. The zero-order valence-corrected chi connectivity index (χ0v) is 11.3. The lowest BCUT2D eigenvalue weighted by molar-refractivity contribution is -0.119. The smallest absolute Gasteiger partial charge is 0.0655 e. The Balaban J connectivity index is 2.32. The lowest BCUT2D eigenvalue weighted by atomic mass is 9.64. The molecule has 3 unspecified atom stereocenters. The normalized spacial score (nSPS) is 29.5. The van der Waals surface area contributed by atoms with Crippen molar-refractivity contribution >= 4 is 0 Å². The van der Waals surface area contributed by atoms with Crippen LogP contribution in [-0.4, -0.2) is 24.8 Å². The van der Waals surface area contributed by atoms with Crippen molar-refractivity contribution in [1.82, 2.24) is 5.32 Å². The summed E-state index contributed by atoms with van der Waals surface area (Å²) in [6.45, 7) is 13.6. The Morgan fingerprint density at radius 1 is 1.56 bits per heavy atom. The zero-order chi connectivity index (χ0) is 12.2. The van der Waals surface area contributed by atoms with Gasteiger partial charge in [0.05, 0.1) is 6.10 Å². The Kier molecular flexibility index (Phi) is 5.00. The van der Waals surface area contributed by atoms with E-state index in [1.54, 1.807) is 0 Å². The van der Waals surface area contributed by atoms with Gasteiger partial charge in [-0.1, -0.05) is 33.3 Å². The van der Waals surface area contributed by atoms with Gasteiger partial charge in [0.25, 0.3) is 0 Å². The highest BCUT2D eigenvalue weighted by Gasteiger charge is 2.48. The third kappa shape index (κ3) is 3.08. The molecule has 1 fully saturated rings. The average molecular weight is 225 g/mol. The first kappa shape index (κ1) is 13.7. The van der Waals surface area contributed by atoms with Gasteiger partial charge in [0, 0.05) is 24.1 Å². The molecule has 1 aliphatic rings. The molecule has 1 aliphatic carbocycles. The van der Waals surface area contributed by atoms with Crippen LogP contribution < -0.4 is 5.32 Å². The van der Waals surface area contributed by atoms with E-state index in [2.05, 4.69) is 39.6 Å². The zero-order valence-electron chi connectivity index (χ0n) is 11.3. The molecule has 1 rings (SSSR count). The van der Waals surface area contributed by atoms with Crippen molar-refractivity contribution in [3.05, 3.63) is 12.7 Å². The monoisotopic (exact) mass is 225 g/mol. The molecule has 0 heterocycles. The molecule has 94 valence electrons. The first-order chi connectivity index (χ1) is 7.52.